The average Bonchev–Trinajstić information content (AvgIpc) is 2.72. The Morgan fingerprint density at radius 3 is 1.87 bits per heavy atom. The highest BCUT2D eigenvalue weighted by atomic mass is 14.9. The van der Waals surface area contributed by atoms with Gasteiger partial charge in [-0.25, -0.2) is 0 Å². The molecule has 3 aliphatic rings. The van der Waals surface area contributed by atoms with Gasteiger partial charge in [0, 0.05) is 0 Å². The predicted octanol–water partition coefficient (Wildman–Crippen LogP) is 3.35. The summed E-state index contributed by atoms with van der Waals surface area (Å²) in [5, 5.41) is 3.53. The summed E-state index contributed by atoms with van der Waals surface area (Å²) >= 11 is 0. The van der Waals surface area contributed by atoms with Gasteiger partial charge in [0.2, 0.25) is 0 Å². The number of hydrogen-bond acceptors (Lipinski definition) is 1. The SMILES string of the molecule is C1CCC(C2(C3CCNCC3)CCC2)C1. The van der Waals surface area contributed by atoms with Crippen molar-refractivity contribution < 1.29 is 0 Å². The fourth-order valence-corrected chi connectivity index (χ4v) is 4.63. The quantitative estimate of drug-likeness (QED) is 0.732. The Balaban J connectivity index is 1.72. The lowest BCUT2D eigenvalue weighted by molar-refractivity contribution is -0.0294. The van der Waals surface area contributed by atoms with Crippen LogP contribution in [0.5, 0.6) is 0 Å². The number of rotatable bonds is 2. The highest BCUT2D eigenvalue weighted by Crippen LogP contribution is 2.59. The Morgan fingerprint density at radius 1 is 0.733 bits per heavy atom. The van der Waals surface area contributed by atoms with E-state index in [1.165, 1.54) is 45.2 Å². The molecule has 86 valence electrons. The topological polar surface area (TPSA) is 12.0 Å². The monoisotopic (exact) mass is 207 g/mol. The molecule has 0 spiro atoms. The summed E-state index contributed by atoms with van der Waals surface area (Å²) in [5.41, 5.74) is 0.832. The van der Waals surface area contributed by atoms with Gasteiger partial charge in [-0.05, 0) is 68.9 Å². The van der Waals surface area contributed by atoms with E-state index in [-0.39, 0.29) is 0 Å². The third-order valence-electron chi connectivity index (χ3n) is 5.60. The molecule has 0 aromatic carbocycles. The van der Waals surface area contributed by atoms with Crippen LogP contribution in [0.1, 0.15) is 57.8 Å². The number of piperidine rings is 1. The molecule has 0 amide bonds. The van der Waals surface area contributed by atoms with Crippen LogP contribution < -0.4 is 5.32 Å². The first-order valence-corrected chi connectivity index (χ1v) is 7.12. The van der Waals surface area contributed by atoms with Crippen LogP contribution >= 0.6 is 0 Å². The van der Waals surface area contributed by atoms with E-state index < -0.39 is 0 Å². The molecule has 0 bridgehead atoms. The summed E-state index contributed by atoms with van der Waals surface area (Å²) in [6.45, 7) is 2.58. The van der Waals surface area contributed by atoms with Crippen molar-refractivity contribution >= 4 is 0 Å². The van der Waals surface area contributed by atoms with Gasteiger partial charge >= 0.3 is 0 Å². The first-order valence-electron chi connectivity index (χ1n) is 7.12. The van der Waals surface area contributed by atoms with E-state index in [0.717, 1.165) is 17.3 Å². The minimum Gasteiger partial charge on any atom is -0.317 e. The molecule has 15 heavy (non-hydrogen) atoms. The number of nitrogens with one attached hydrogen (secondary N) is 1. The van der Waals surface area contributed by atoms with E-state index in [0.29, 0.717) is 0 Å². The molecule has 3 rings (SSSR count). The van der Waals surface area contributed by atoms with Crippen LogP contribution in [-0.4, -0.2) is 13.1 Å². The molecular weight excluding hydrogens is 182 g/mol. The van der Waals surface area contributed by atoms with Crippen LogP contribution in [0.15, 0.2) is 0 Å². The first kappa shape index (κ1) is 10.1. The summed E-state index contributed by atoms with van der Waals surface area (Å²) in [5.74, 6) is 2.20. The molecule has 1 N–H and O–H groups in total. The lowest BCUT2D eigenvalue weighted by Gasteiger charge is -2.53. The third kappa shape index (κ3) is 1.63. The van der Waals surface area contributed by atoms with Gasteiger partial charge in [-0.3, -0.25) is 0 Å². The smallest absolute Gasteiger partial charge is 0.00461 e. The zero-order chi connectivity index (χ0) is 10.1. The molecule has 0 radical (unpaired) electrons. The van der Waals surface area contributed by atoms with Crippen molar-refractivity contribution in [3.8, 4) is 0 Å². The van der Waals surface area contributed by atoms with Crippen molar-refractivity contribution in [2.24, 2.45) is 17.3 Å². The summed E-state index contributed by atoms with van der Waals surface area (Å²) in [6, 6.07) is 0. The third-order valence-corrected chi connectivity index (χ3v) is 5.60. The van der Waals surface area contributed by atoms with Crippen LogP contribution in [-0.2, 0) is 0 Å². The fourth-order valence-electron chi connectivity index (χ4n) is 4.63. The zero-order valence-electron chi connectivity index (χ0n) is 9.93. The largest absolute Gasteiger partial charge is 0.317 e. The highest BCUT2D eigenvalue weighted by Gasteiger charge is 2.49. The Labute approximate surface area is 94.0 Å². The molecule has 2 saturated carbocycles. The molecule has 1 saturated heterocycles. The maximum Gasteiger partial charge on any atom is -0.00461 e. The van der Waals surface area contributed by atoms with Crippen LogP contribution in [0.3, 0.4) is 0 Å². The van der Waals surface area contributed by atoms with E-state index >= 15 is 0 Å². The van der Waals surface area contributed by atoms with Crippen molar-refractivity contribution in [3.63, 3.8) is 0 Å². The first-order chi connectivity index (χ1) is 7.42. The van der Waals surface area contributed by atoms with E-state index in [2.05, 4.69) is 5.32 Å². The second kappa shape index (κ2) is 4.08. The van der Waals surface area contributed by atoms with Gasteiger partial charge in [0.05, 0.1) is 0 Å². The maximum atomic E-state index is 3.53. The van der Waals surface area contributed by atoms with E-state index in [4.69, 9.17) is 0 Å². The lowest BCUT2D eigenvalue weighted by atomic mass is 9.52. The van der Waals surface area contributed by atoms with E-state index in [1.807, 2.05) is 0 Å². The summed E-state index contributed by atoms with van der Waals surface area (Å²) in [4.78, 5) is 0. The maximum absolute atomic E-state index is 3.53. The molecule has 0 unspecified atom stereocenters. The van der Waals surface area contributed by atoms with Gasteiger partial charge in [0.25, 0.3) is 0 Å². The van der Waals surface area contributed by atoms with Crippen LogP contribution in [0.2, 0.25) is 0 Å². The standard InChI is InChI=1S/C14H25N/c1-2-5-12(4-1)14(8-3-9-14)13-6-10-15-11-7-13/h12-13,15H,1-11H2. The lowest BCUT2D eigenvalue weighted by Crippen LogP contribution is -2.47. The van der Waals surface area contributed by atoms with Gasteiger partial charge in [-0.15, -0.1) is 0 Å². The predicted molar refractivity (Wildman–Crippen MR) is 63.8 cm³/mol. The molecular formula is C14H25N. The summed E-state index contributed by atoms with van der Waals surface area (Å²) in [7, 11) is 0. The molecule has 0 atom stereocenters. The molecule has 3 fully saturated rings. The molecule has 0 aromatic heterocycles. The minimum atomic E-state index is 0.832. The zero-order valence-corrected chi connectivity index (χ0v) is 9.93. The van der Waals surface area contributed by atoms with Crippen LogP contribution in [0, 0.1) is 17.3 Å². The summed E-state index contributed by atoms with van der Waals surface area (Å²) < 4.78 is 0. The van der Waals surface area contributed by atoms with Gasteiger partial charge in [0.15, 0.2) is 0 Å². The van der Waals surface area contributed by atoms with Gasteiger partial charge < -0.3 is 5.32 Å². The Bertz CT molecular complexity index is 207. The molecule has 1 nitrogen and oxygen atoms in total. The Hall–Kier alpha value is -0.0400. The van der Waals surface area contributed by atoms with Crippen molar-refractivity contribution in [1.29, 1.82) is 0 Å². The van der Waals surface area contributed by atoms with E-state index in [1.54, 1.807) is 25.7 Å². The Kier molecular flexibility index (Phi) is 2.76. The number of hydrogen-bond donors (Lipinski definition) is 1. The van der Waals surface area contributed by atoms with Gasteiger partial charge in [-0.2, -0.15) is 0 Å². The molecule has 1 aliphatic heterocycles. The van der Waals surface area contributed by atoms with Crippen molar-refractivity contribution in [1.82, 2.24) is 5.32 Å². The normalized spacial score (nSPS) is 32.8. The minimum absolute atomic E-state index is 0.832. The van der Waals surface area contributed by atoms with Crippen molar-refractivity contribution in [3.05, 3.63) is 0 Å². The molecule has 0 aromatic rings. The van der Waals surface area contributed by atoms with Crippen LogP contribution in [0.4, 0.5) is 0 Å². The molecule has 1 heteroatoms. The Morgan fingerprint density at radius 2 is 1.33 bits per heavy atom. The van der Waals surface area contributed by atoms with Crippen LogP contribution in [0.25, 0.3) is 0 Å². The highest BCUT2D eigenvalue weighted by molar-refractivity contribution is 5.00. The van der Waals surface area contributed by atoms with Gasteiger partial charge in [-0.1, -0.05) is 19.3 Å². The summed E-state index contributed by atoms with van der Waals surface area (Å²) in [6.07, 6.45) is 13.8. The molecule has 2 aliphatic carbocycles. The molecule has 1 heterocycles. The second-order valence-corrected chi connectivity index (χ2v) is 6.09. The van der Waals surface area contributed by atoms with Crippen molar-refractivity contribution in [2.75, 3.05) is 13.1 Å². The van der Waals surface area contributed by atoms with E-state index in [9.17, 15) is 0 Å². The van der Waals surface area contributed by atoms with Gasteiger partial charge in [0.1, 0.15) is 0 Å². The fraction of sp³-hybridized carbons (Fsp3) is 1.00. The second-order valence-electron chi connectivity index (χ2n) is 6.09. The average molecular weight is 207 g/mol. The van der Waals surface area contributed by atoms with Crippen molar-refractivity contribution in [2.45, 2.75) is 57.8 Å².